The van der Waals surface area contributed by atoms with Gasteiger partial charge in [-0.1, -0.05) is 25.5 Å². The number of hydrogen-bond donors (Lipinski definition) is 2. The molecule has 3 N–H and O–H groups in total. The third-order valence-electron chi connectivity index (χ3n) is 1.05. The van der Waals surface area contributed by atoms with E-state index < -0.39 is 0 Å². The first-order chi connectivity index (χ1) is 4.31. The van der Waals surface area contributed by atoms with Gasteiger partial charge in [-0.05, 0) is 6.42 Å². The molecule has 0 saturated carbocycles. The lowest BCUT2D eigenvalue weighted by Crippen LogP contribution is -2.20. The van der Waals surface area contributed by atoms with Gasteiger partial charge in [-0.2, -0.15) is 0 Å². The summed E-state index contributed by atoms with van der Waals surface area (Å²) in [6, 6.07) is -0.170. The van der Waals surface area contributed by atoms with E-state index in [-0.39, 0.29) is 12.6 Å². The molecule has 2 heteroatoms. The van der Waals surface area contributed by atoms with Crippen LogP contribution in [0.2, 0.25) is 0 Å². The summed E-state index contributed by atoms with van der Waals surface area (Å²) in [4.78, 5) is 0. The van der Waals surface area contributed by atoms with Crippen LogP contribution in [0.4, 0.5) is 0 Å². The topological polar surface area (TPSA) is 46.2 Å². The molecule has 0 fully saturated rings. The highest BCUT2D eigenvalue weighted by Crippen LogP contribution is 1.89. The van der Waals surface area contributed by atoms with Gasteiger partial charge in [0.1, 0.15) is 0 Å². The van der Waals surface area contributed by atoms with Crippen molar-refractivity contribution in [2.45, 2.75) is 25.8 Å². The molecule has 2 nitrogen and oxygen atoms in total. The van der Waals surface area contributed by atoms with Crippen LogP contribution in [0.5, 0.6) is 0 Å². The number of hydrogen-bond acceptors (Lipinski definition) is 2. The number of unbranched alkanes of at least 4 members (excludes halogenated alkanes) is 1. The predicted molar refractivity (Wildman–Crippen MR) is 39.1 cm³/mol. The van der Waals surface area contributed by atoms with Crippen molar-refractivity contribution in [2.75, 3.05) is 6.61 Å². The zero-order chi connectivity index (χ0) is 7.11. The maximum atomic E-state index is 8.46. The predicted octanol–water partition coefficient (Wildman–Crippen LogP) is 0.662. The second-order valence-electron chi connectivity index (χ2n) is 2.06. The summed E-state index contributed by atoms with van der Waals surface area (Å²) in [6.07, 6.45) is 6.02. The Hall–Kier alpha value is -0.340. The molecular weight excluding hydrogens is 114 g/mol. The molecule has 1 unspecified atom stereocenters. The van der Waals surface area contributed by atoms with E-state index in [2.05, 4.69) is 6.92 Å². The summed E-state index contributed by atoms with van der Waals surface area (Å²) >= 11 is 0. The van der Waals surface area contributed by atoms with Gasteiger partial charge < -0.3 is 10.8 Å². The van der Waals surface area contributed by atoms with Gasteiger partial charge in [0.05, 0.1) is 6.61 Å². The fraction of sp³-hybridized carbons (Fsp3) is 0.714. The molecule has 0 saturated heterocycles. The van der Waals surface area contributed by atoms with Crippen LogP contribution in [-0.4, -0.2) is 17.8 Å². The van der Waals surface area contributed by atoms with Crippen molar-refractivity contribution >= 4 is 0 Å². The highest BCUT2D eigenvalue weighted by atomic mass is 16.3. The molecule has 9 heavy (non-hydrogen) atoms. The number of aliphatic hydroxyl groups is 1. The lowest BCUT2D eigenvalue weighted by molar-refractivity contribution is 0.284. The molecule has 1 atom stereocenters. The number of rotatable bonds is 4. The molecule has 0 aliphatic heterocycles. The van der Waals surface area contributed by atoms with Gasteiger partial charge >= 0.3 is 0 Å². The SMILES string of the molecule is CCC/C=C/C(N)CO. The molecule has 0 rings (SSSR count). The van der Waals surface area contributed by atoms with Crippen molar-refractivity contribution < 1.29 is 5.11 Å². The number of allylic oxidation sites excluding steroid dienone is 1. The quantitative estimate of drug-likeness (QED) is 0.548. The van der Waals surface area contributed by atoms with Crippen molar-refractivity contribution in [2.24, 2.45) is 5.73 Å². The van der Waals surface area contributed by atoms with E-state index in [9.17, 15) is 0 Å². The van der Waals surface area contributed by atoms with E-state index in [0.29, 0.717) is 0 Å². The van der Waals surface area contributed by atoms with E-state index in [1.54, 1.807) is 0 Å². The molecular formula is C7H15NO. The summed E-state index contributed by atoms with van der Waals surface area (Å²) in [5.41, 5.74) is 5.38. The number of aliphatic hydroxyl groups excluding tert-OH is 1. The van der Waals surface area contributed by atoms with Crippen molar-refractivity contribution in [1.29, 1.82) is 0 Å². The molecule has 0 aromatic heterocycles. The Labute approximate surface area is 56.4 Å². The Bertz CT molecular complexity index is 81.0. The zero-order valence-corrected chi connectivity index (χ0v) is 5.88. The average Bonchev–Trinajstić information content (AvgIpc) is 1.89. The maximum Gasteiger partial charge on any atom is 0.0618 e. The largest absolute Gasteiger partial charge is 0.394 e. The van der Waals surface area contributed by atoms with Crippen molar-refractivity contribution in [3.63, 3.8) is 0 Å². The van der Waals surface area contributed by atoms with Crippen LogP contribution in [0.3, 0.4) is 0 Å². The monoisotopic (exact) mass is 129 g/mol. The standard InChI is InChI=1S/C7H15NO/c1-2-3-4-5-7(8)6-9/h4-5,7,9H,2-3,6,8H2,1H3/b5-4+. The molecule has 0 radical (unpaired) electrons. The Balaban J connectivity index is 3.20. The van der Waals surface area contributed by atoms with E-state index in [4.69, 9.17) is 10.8 Å². The molecule has 54 valence electrons. The van der Waals surface area contributed by atoms with E-state index >= 15 is 0 Å². The van der Waals surface area contributed by atoms with Crippen LogP contribution in [0.15, 0.2) is 12.2 Å². The minimum Gasteiger partial charge on any atom is -0.394 e. The van der Waals surface area contributed by atoms with Gasteiger partial charge in [-0.3, -0.25) is 0 Å². The van der Waals surface area contributed by atoms with Gasteiger partial charge in [-0.25, -0.2) is 0 Å². The van der Waals surface area contributed by atoms with Crippen molar-refractivity contribution in [3.05, 3.63) is 12.2 Å². The fourth-order valence-electron chi connectivity index (χ4n) is 0.499. The minimum atomic E-state index is -0.170. The molecule has 0 amide bonds. The first-order valence-corrected chi connectivity index (χ1v) is 3.34. The second kappa shape index (κ2) is 5.79. The van der Waals surface area contributed by atoms with Crippen LogP contribution < -0.4 is 5.73 Å². The van der Waals surface area contributed by atoms with Gasteiger partial charge in [0.15, 0.2) is 0 Å². The summed E-state index contributed by atoms with van der Waals surface area (Å²) in [5, 5.41) is 8.46. The van der Waals surface area contributed by atoms with Crippen molar-refractivity contribution in [1.82, 2.24) is 0 Å². The lowest BCUT2D eigenvalue weighted by atomic mass is 10.2. The van der Waals surface area contributed by atoms with E-state index in [0.717, 1.165) is 12.8 Å². The first-order valence-electron chi connectivity index (χ1n) is 3.34. The molecule has 0 aliphatic carbocycles. The van der Waals surface area contributed by atoms with Gasteiger partial charge in [-0.15, -0.1) is 0 Å². The number of nitrogens with two attached hydrogens (primary N) is 1. The molecule has 0 heterocycles. The summed E-state index contributed by atoms with van der Waals surface area (Å²) < 4.78 is 0. The van der Waals surface area contributed by atoms with Gasteiger partial charge in [0.25, 0.3) is 0 Å². The summed E-state index contributed by atoms with van der Waals surface area (Å²) in [6.45, 7) is 2.15. The third-order valence-corrected chi connectivity index (χ3v) is 1.05. The smallest absolute Gasteiger partial charge is 0.0618 e. The molecule has 0 aromatic carbocycles. The highest BCUT2D eigenvalue weighted by Gasteiger charge is 1.89. The van der Waals surface area contributed by atoms with Crippen LogP contribution in [0.25, 0.3) is 0 Å². The Morgan fingerprint density at radius 2 is 2.33 bits per heavy atom. The molecule has 0 aliphatic rings. The zero-order valence-electron chi connectivity index (χ0n) is 5.88. The van der Waals surface area contributed by atoms with E-state index in [1.165, 1.54) is 0 Å². The van der Waals surface area contributed by atoms with Crippen LogP contribution >= 0.6 is 0 Å². The van der Waals surface area contributed by atoms with Crippen LogP contribution in [-0.2, 0) is 0 Å². The lowest BCUT2D eigenvalue weighted by Gasteiger charge is -1.97. The van der Waals surface area contributed by atoms with Crippen LogP contribution in [0.1, 0.15) is 19.8 Å². The Kier molecular flexibility index (Phi) is 5.57. The Morgan fingerprint density at radius 3 is 2.78 bits per heavy atom. The maximum absolute atomic E-state index is 8.46. The minimum absolute atomic E-state index is 0.0419. The van der Waals surface area contributed by atoms with Gasteiger partial charge in [0.2, 0.25) is 0 Å². The molecule has 0 aromatic rings. The normalized spacial score (nSPS) is 14.6. The third kappa shape index (κ3) is 5.53. The highest BCUT2D eigenvalue weighted by molar-refractivity contribution is 4.90. The average molecular weight is 129 g/mol. The summed E-state index contributed by atoms with van der Waals surface area (Å²) in [5.74, 6) is 0. The van der Waals surface area contributed by atoms with Gasteiger partial charge in [0, 0.05) is 6.04 Å². The second-order valence-corrected chi connectivity index (χ2v) is 2.06. The molecule has 0 spiro atoms. The fourth-order valence-corrected chi connectivity index (χ4v) is 0.499. The van der Waals surface area contributed by atoms with E-state index in [1.807, 2.05) is 12.2 Å². The molecule has 0 bridgehead atoms. The first kappa shape index (κ1) is 8.66. The summed E-state index contributed by atoms with van der Waals surface area (Å²) in [7, 11) is 0. The van der Waals surface area contributed by atoms with Crippen LogP contribution in [0, 0.1) is 0 Å². The Morgan fingerprint density at radius 1 is 1.67 bits per heavy atom. The van der Waals surface area contributed by atoms with Crippen molar-refractivity contribution in [3.8, 4) is 0 Å².